The lowest BCUT2D eigenvalue weighted by molar-refractivity contribution is -0.156. The molecule has 0 bridgehead atoms. The van der Waals surface area contributed by atoms with Gasteiger partial charge in [-0.2, -0.15) is 0 Å². The van der Waals surface area contributed by atoms with Crippen LogP contribution < -0.4 is 4.74 Å². The van der Waals surface area contributed by atoms with Gasteiger partial charge in [-0.3, -0.25) is 4.79 Å². The molecule has 122 valence electrons. The molecule has 3 nitrogen and oxygen atoms in total. The number of carbonyl (C=O) groups is 1. The number of rotatable bonds is 8. The average molecular weight is 528 g/mol. The molecule has 0 amide bonds. The fourth-order valence-corrected chi connectivity index (χ4v) is 3.79. The SMILES string of the molecule is C=Cc1cc(I)c(OCCCC(=O)OC(C)(C)CC)c(I)c1. The van der Waals surface area contributed by atoms with Crippen LogP contribution in [0.2, 0.25) is 0 Å². The minimum atomic E-state index is -0.386. The summed E-state index contributed by atoms with van der Waals surface area (Å²) >= 11 is 4.51. The number of halogens is 2. The zero-order valence-electron chi connectivity index (χ0n) is 13.2. The summed E-state index contributed by atoms with van der Waals surface area (Å²) in [6.07, 6.45) is 3.65. The van der Waals surface area contributed by atoms with Gasteiger partial charge in [0.15, 0.2) is 0 Å². The van der Waals surface area contributed by atoms with Gasteiger partial charge in [0.25, 0.3) is 0 Å². The zero-order valence-corrected chi connectivity index (χ0v) is 17.6. The first-order chi connectivity index (χ1) is 10.3. The number of esters is 1. The second-order valence-electron chi connectivity index (χ2n) is 5.56. The maximum absolute atomic E-state index is 11.8. The van der Waals surface area contributed by atoms with Gasteiger partial charge in [-0.25, -0.2) is 0 Å². The van der Waals surface area contributed by atoms with Crippen LogP contribution in [0.5, 0.6) is 5.75 Å². The lowest BCUT2D eigenvalue weighted by atomic mass is 10.1. The van der Waals surface area contributed by atoms with E-state index < -0.39 is 0 Å². The minimum absolute atomic E-state index is 0.165. The highest BCUT2D eigenvalue weighted by Gasteiger charge is 2.19. The maximum atomic E-state index is 11.8. The second-order valence-corrected chi connectivity index (χ2v) is 7.88. The Kier molecular flexibility index (Phi) is 8.16. The van der Waals surface area contributed by atoms with Crippen LogP contribution in [0.3, 0.4) is 0 Å². The number of hydrogen-bond acceptors (Lipinski definition) is 3. The third kappa shape index (κ3) is 6.44. The minimum Gasteiger partial charge on any atom is -0.491 e. The van der Waals surface area contributed by atoms with Gasteiger partial charge < -0.3 is 9.47 Å². The van der Waals surface area contributed by atoms with Crippen LogP contribution >= 0.6 is 45.2 Å². The van der Waals surface area contributed by atoms with E-state index in [1.165, 1.54) is 0 Å². The van der Waals surface area contributed by atoms with Crippen molar-refractivity contribution in [2.24, 2.45) is 0 Å². The predicted molar refractivity (Wildman–Crippen MR) is 107 cm³/mol. The number of benzene rings is 1. The van der Waals surface area contributed by atoms with Crippen LogP contribution in [-0.4, -0.2) is 18.2 Å². The van der Waals surface area contributed by atoms with E-state index in [-0.39, 0.29) is 11.6 Å². The number of carbonyl (C=O) groups excluding carboxylic acids is 1. The summed E-state index contributed by atoms with van der Waals surface area (Å²) in [5, 5.41) is 0. The average Bonchev–Trinajstić information content (AvgIpc) is 2.44. The topological polar surface area (TPSA) is 35.5 Å². The molecule has 0 spiro atoms. The van der Waals surface area contributed by atoms with Crippen LogP contribution in [0.4, 0.5) is 0 Å². The van der Waals surface area contributed by atoms with Crippen molar-refractivity contribution in [1.82, 2.24) is 0 Å². The third-order valence-electron chi connectivity index (χ3n) is 3.27. The zero-order chi connectivity index (χ0) is 16.8. The quantitative estimate of drug-likeness (QED) is 0.257. The molecule has 0 aromatic heterocycles. The molecule has 0 unspecified atom stereocenters. The van der Waals surface area contributed by atoms with Crippen molar-refractivity contribution in [3.8, 4) is 5.75 Å². The molecule has 22 heavy (non-hydrogen) atoms. The highest BCUT2D eigenvalue weighted by Crippen LogP contribution is 2.29. The van der Waals surface area contributed by atoms with Crippen molar-refractivity contribution in [1.29, 1.82) is 0 Å². The van der Waals surface area contributed by atoms with Gasteiger partial charge in [-0.05, 0) is 89.6 Å². The van der Waals surface area contributed by atoms with E-state index in [0.29, 0.717) is 19.4 Å². The molecule has 1 aromatic carbocycles. The molecule has 0 aliphatic rings. The molecule has 0 aliphatic carbocycles. The van der Waals surface area contributed by atoms with Crippen molar-refractivity contribution in [3.63, 3.8) is 0 Å². The van der Waals surface area contributed by atoms with Crippen LogP contribution in [0.1, 0.15) is 45.6 Å². The molecule has 1 rings (SSSR count). The van der Waals surface area contributed by atoms with E-state index in [1.807, 2.05) is 39.0 Å². The highest BCUT2D eigenvalue weighted by atomic mass is 127. The monoisotopic (exact) mass is 528 g/mol. The molecule has 0 N–H and O–H groups in total. The van der Waals surface area contributed by atoms with Crippen LogP contribution in [0, 0.1) is 7.14 Å². The van der Waals surface area contributed by atoms with Gasteiger partial charge in [-0.1, -0.05) is 19.6 Å². The smallest absolute Gasteiger partial charge is 0.306 e. The molecule has 0 fully saturated rings. The van der Waals surface area contributed by atoms with E-state index in [4.69, 9.17) is 9.47 Å². The molecule has 0 saturated heterocycles. The maximum Gasteiger partial charge on any atom is 0.306 e. The molecule has 0 saturated carbocycles. The van der Waals surface area contributed by atoms with Gasteiger partial charge in [0.2, 0.25) is 0 Å². The van der Waals surface area contributed by atoms with E-state index in [0.717, 1.165) is 24.9 Å². The summed E-state index contributed by atoms with van der Waals surface area (Å²) in [6, 6.07) is 4.06. The molecular formula is C17H22I2O3. The van der Waals surface area contributed by atoms with E-state index in [1.54, 1.807) is 0 Å². The van der Waals surface area contributed by atoms with Crippen LogP contribution in [0.15, 0.2) is 18.7 Å². The van der Waals surface area contributed by atoms with Gasteiger partial charge in [-0.15, -0.1) is 0 Å². The Hall–Kier alpha value is -0.310. The molecule has 0 atom stereocenters. The molecular weight excluding hydrogens is 506 g/mol. The standard InChI is InChI=1S/C17H22I2O3/c1-5-12-10-13(18)16(14(19)11-12)21-9-7-8-15(20)22-17(3,4)6-2/h5,10-11H,1,6-9H2,2-4H3. The van der Waals surface area contributed by atoms with Crippen molar-refractivity contribution >= 4 is 57.2 Å². The summed E-state index contributed by atoms with van der Waals surface area (Å²) in [4.78, 5) is 11.8. The number of hydrogen-bond donors (Lipinski definition) is 0. The first kappa shape index (κ1) is 19.7. The lowest BCUT2D eigenvalue weighted by Gasteiger charge is -2.23. The molecule has 0 heterocycles. The first-order valence-corrected chi connectivity index (χ1v) is 9.41. The van der Waals surface area contributed by atoms with Crippen molar-refractivity contribution in [3.05, 3.63) is 31.4 Å². The predicted octanol–water partition coefficient (Wildman–Crippen LogP) is 5.43. The Morgan fingerprint density at radius 1 is 1.32 bits per heavy atom. The normalized spacial score (nSPS) is 11.1. The van der Waals surface area contributed by atoms with Gasteiger partial charge >= 0.3 is 5.97 Å². The Labute approximate surface area is 160 Å². The van der Waals surface area contributed by atoms with Gasteiger partial charge in [0.05, 0.1) is 13.7 Å². The Bertz CT molecular complexity index is 516. The lowest BCUT2D eigenvalue weighted by Crippen LogP contribution is -2.27. The van der Waals surface area contributed by atoms with E-state index >= 15 is 0 Å². The fourth-order valence-electron chi connectivity index (χ4n) is 1.66. The molecule has 0 radical (unpaired) electrons. The van der Waals surface area contributed by atoms with Crippen molar-refractivity contribution in [2.75, 3.05) is 6.61 Å². The van der Waals surface area contributed by atoms with Crippen molar-refractivity contribution < 1.29 is 14.3 Å². The molecule has 5 heteroatoms. The van der Waals surface area contributed by atoms with E-state index in [2.05, 4.69) is 51.8 Å². The Morgan fingerprint density at radius 3 is 2.41 bits per heavy atom. The van der Waals surface area contributed by atoms with Gasteiger partial charge in [0, 0.05) is 6.42 Å². The van der Waals surface area contributed by atoms with Gasteiger partial charge in [0.1, 0.15) is 11.4 Å². The number of ether oxygens (including phenoxy) is 2. The summed E-state index contributed by atoms with van der Waals surface area (Å²) in [6.45, 7) is 10.1. The molecule has 1 aromatic rings. The van der Waals surface area contributed by atoms with Crippen molar-refractivity contribution in [2.45, 2.75) is 45.6 Å². The fraction of sp³-hybridized carbons (Fsp3) is 0.471. The summed E-state index contributed by atoms with van der Waals surface area (Å²) < 4.78 is 13.3. The highest BCUT2D eigenvalue weighted by molar-refractivity contribution is 14.1. The summed E-state index contributed by atoms with van der Waals surface area (Å²) in [5.74, 6) is 0.705. The Balaban J connectivity index is 2.45. The van der Waals surface area contributed by atoms with E-state index in [9.17, 15) is 4.79 Å². The second kappa shape index (κ2) is 9.10. The van der Waals surface area contributed by atoms with Crippen LogP contribution in [-0.2, 0) is 9.53 Å². The first-order valence-electron chi connectivity index (χ1n) is 7.25. The van der Waals surface area contributed by atoms with Crippen LogP contribution in [0.25, 0.3) is 6.08 Å². The summed E-state index contributed by atoms with van der Waals surface area (Å²) in [5.41, 5.74) is 0.690. The third-order valence-corrected chi connectivity index (χ3v) is 4.87. The Morgan fingerprint density at radius 2 is 1.91 bits per heavy atom. The largest absolute Gasteiger partial charge is 0.491 e. The molecule has 0 aliphatic heterocycles. The summed E-state index contributed by atoms with van der Waals surface area (Å²) in [7, 11) is 0.